The van der Waals surface area contributed by atoms with E-state index in [1.54, 1.807) is 13.8 Å². The Labute approximate surface area is 149 Å². The normalized spacial score (nSPS) is 12.1. The smallest absolute Gasteiger partial charge is 0.350 e. The third-order valence-electron chi connectivity index (χ3n) is 3.29. The van der Waals surface area contributed by atoms with Crippen molar-refractivity contribution in [2.75, 3.05) is 4.72 Å². The first-order valence-corrected chi connectivity index (χ1v) is 9.08. The van der Waals surface area contributed by atoms with Crippen LogP contribution in [-0.2, 0) is 16.2 Å². The molecule has 0 saturated heterocycles. The number of halogens is 3. The van der Waals surface area contributed by atoms with Crippen LogP contribution >= 0.6 is 0 Å². The van der Waals surface area contributed by atoms with Crippen molar-refractivity contribution in [2.45, 2.75) is 31.0 Å². The molecule has 0 aliphatic carbocycles. The maximum Gasteiger partial charge on any atom is 0.416 e. The first kappa shape index (κ1) is 19.8. The molecule has 0 atom stereocenters. The summed E-state index contributed by atoms with van der Waals surface area (Å²) in [5.41, 5.74) is -0.892. The van der Waals surface area contributed by atoms with Gasteiger partial charge < -0.3 is 5.32 Å². The van der Waals surface area contributed by atoms with Crippen molar-refractivity contribution in [3.8, 4) is 0 Å². The lowest BCUT2D eigenvalue weighted by molar-refractivity contribution is -0.137. The molecule has 5 nitrogen and oxygen atoms in total. The van der Waals surface area contributed by atoms with Crippen molar-refractivity contribution in [3.05, 3.63) is 59.7 Å². The minimum atomic E-state index is -4.58. The van der Waals surface area contributed by atoms with E-state index in [9.17, 15) is 26.4 Å². The SMILES string of the molecule is CC(C)NC(=O)c1ccc(S(=O)(=O)Nc2cccc(C(F)(F)F)c2)cc1. The molecule has 0 bridgehead atoms. The number of carbonyl (C=O) groups excluding carboxylic acids is 1. The van der Waals surface area contributed by atoms with Gasteiger partial charge in [-0.3, -0.25) is 9.52 Å². The van der Waals surface area contributed by atoms with E-state index in [1.807, 2.05) is 0 Å². The zero-order chi connectivity index (χ0) is 19.5. The monoisotopic (exact) mass is 386 g/mol. The lowest BCUT2D eigenvalue weighted by atomic mass is 10.2. The average molecular weight is 386 g/mol. The maximum absolute atomic E-state index is 12.7. The summed E-state index contributed by atoms with van der Waals surface area (Å²) in [6.45, 7) is 3.57. The molecular formula is C17H17F3N2O3S. The summed E-state index contributed by atoms with van der Waals surface area (Å²) in [7, 11) is -4.09. The van der Waals surface area contributed by atoms with Crippen LogP contribution < -0.4 is 10.0 Å². The van der Waals surface area contributed by atoms with Crippen molar-refractivity contribution in [3.63, 3.8) is 0 Å². The Hall–Kier alpha value is -2.55. The molecule has 0 saturated carbocycles. The number of hydrogen-bond donors (Lipinski definition) is 2. The van der Waals surface area contributed by atoms with Gasteiger partial charge in [-0.25, -0.2) is 8.42 Å². The van der Waals surface area contributed by atoms with Crippen LogP contribution in [0.4, 0.5) is 18.9 Å². The molecule has 0 spiro atoms. The van der Waals surface area contributed by atoms with Gasteiger partial charge in [0.25, 0.3) is 15.9 Å². The van der Waals surface area contributed by atoms with Crippen molar-refractivity contribution >= 4 is 21.6 Å². The highest BCUT2D eigenvalue weighted by atomic mass is 32.2. The van der Waals surface area contributed by atoms with Crippen LogP contribution in [0.3, 0.4) is 0 Å². The summed E-state index contributed by atoms with van der Waals surface area (Å²) >= 11 is 0. The molecule has 0 aliphatic rings. The van der Waals surface area contributed by atoms with Gasteiger partial charge in [0.1, 0.15) is 0 Å². The lowest BCUT2D eigenvalue weighted by Crippen LogP contribution is -2.30. The largest absolute Gasteiger partial charge is 0.416 e. The van der Waals surface area contributed by atoms with E-state index in [4.69, 9.17) is 0 Å². The molecule has 2 N–H and O–H groups in total. The van der Waals surface area contributed by atoms with Crippen LogP contribution in [-0.4, -0.2) is 20.4 Å². The maximum atomic E-state index is 12.7. The Bertz CT molecular complexity index is 892. The quantitative estimate of drug-likeness (QED) is 0.824. The van der Waals surface area contributed by atoms with Gasteiger partial charge in [-0.2, -0.15) is 13.2 Å². The highest BCUT2D eigenvalue weighted by molar-refractivity contribution is 7.92. The number of hydrogen-bond acceptors (Lipinski definition) is 3. The zero-order valence-electron chi connectivity index (χ0n) is 14.0. The van der Waals surface area contributed by atoms with Gasteiger partial charge in [0, 0.05) is 17.3 Å². The topological polar surface area (TPSA) is 75.3 Å². The van der Waals surface area contributed by atoms with Gasteiger partial charge in [-0.15, -0.1) is 0 Å². The number of alkyl halides is 3. The van der Waals surface area contributed by atoms with Crippen LogP contribution in [0.25, 0.3) is 0 Å². The highest BCUT2D eigenvalue weighted by Crippen LogP contribution is 2.31. The minimum absolute atomic E-state index is 0.0755. The molecule has 0 unspecified atom stereocenters. The molecule has 0 aliphatic heterocycles. The molecule has 2 aromatic carbocycles. The van der Waals surface area contributed by atoms with E-state index in [1.165, 1.54) is 30.3 Å². The summed E-state index contributed by atoms with van der Waals surface area (Å²) in [6, 6.07) is 8.90. The summed E-state index contributed by atoms with van der Waals surface area (Å²) in [5.74, 6) is -0.352. The number of rotatable bonds is 5. The fourth-order valence-corrected chi connectivity index (χ4v) is 3.15. The molecule has 9 heteroatoms. The van der Waals surface area contributed by atoms with Gasteiger partial charge in [0.2, 0.25) is 0 Å². The first-order chi connectivity index (χ1) is 12.0. The van der Waals surface area contributed by atoms with Gasteiger partial charge in [-0.05, 0) is 56.3 Å². The lowest BCUT2D eigenvalue weighted by Gasteiger charge is -2.12. The van der Waals surface area contributed by atoms with Crippen LogP contribution in [0.1, 0.15) is 29.8 Å². The van der Waals surface area contributed by atoms with Gasteiger partial charge in [0.15, 0.2) is 0 Å². The molecule has 1 amide bonds. The van der Waals surface area contributed by atoms with Crippen molar-refractivity contribution in [2.24, 2.45) is 0 Å². The summed E-state index contributed by atoms with van der Waals surface area (Å²) < 4.78 is 64.9. The Morgan fingerprint density at radius 2 is 1.65 bits per heavy atom. The number of amides is 1. The number of benzene rings is 2. The second kappa shape index (κ2) is 7.36. The molecule has 0 heterocycles. The Kier molecular flexibility index (Phi) is 5.60. The van der Waals surface area contributed by atoms with Crippen molar-refractivity contribution < 1.29 is 26.4 Å². The Balaban J connectivity index is 2.22. The van der Waals surface area contributed by atoms with E-state index in [0.717, 1.165) is 12.1 Å². The van der Waals surface area contributed by atoms with Gasteiger partial charge in [0.05, 0.1) is 10.5 Å². The Morgan fingerprint density at radius 3 is 2.19 bits per heavy atom. The number of sulfonamides is 1. The van der Waals surface area contributed by atoms with E-state index in [2.05, 4.69) is 10.0 Å². The number of nitrogens with one attached hydrogen (secondary N) is 2. The van der Waals surface area contributed by atoms with Gasteiger partial charge >= 0.3 is 6.18 Å². The molecule has 140 valence electrons. The predicted molar refractivity (Wildman–Crippen MR) is 91.3 cm³/mol. The summed E-state index contributed by atoms with van der Waals surface area (Å²) in [6.07, 6.45) is -4.58. The predicted octanol–water partition coefficient (Wildman–Crippen LogP) is 3.64. The number of anilines is 1. The van der Waals surface area contributed by atoms with E-state index in [0.29, 0.717) is 6.07 Å². The van der Waals surface area contributed by atoms with E-state index >= 15 is 0 Å². The van der Waals surface area contributed by atoms with Crippen LogP contribution in [0.2, 0.25) is 0 Å². The third kappa shape index (κ3) is 4.98. The third-order valence-corrected chi connectivity index (χ3v) is 4.69. The fraction of sp³-hybridized carbons (Fsp3) is 0.235. The molecule has 0 radical (unpaired) electrons. The minimum Gasteiger partial charge on any atom is -0.350 e. The molecule has 2 rings (SSSR count). The van der Waals surface area contributed by atoms with Crippen LogP contribution in [0.15, 0.2) is 53.4 Å². The standard InChI is InChI=1S/C17H17F3N2O3S/c1-11(2)21-16(23)12-6-8-15(9-7-12)26(24,25)22-14-5-3-4-13(10-14)17(18,19)20/h3-11,22H,1-2H3,(H,21,23). The molecule has 0 aromatic heterocycles. The second-order valence-electron chi connectivity index (χ2n) is 5.84. The summed E-state index contributed by atoms with van der Waals surface area (Å²) in [5, 5.41) is 2.67. The van der Waals surface area contributed by atoms with Crippen LogP contribution in [0.5, 0.6) is 0 Å². The molecular weight excluding hydrogens is 369 g/mol. The van der Waals surface area contributed by atoms with E-state index < -0.39 is 21.8 Å². The number of carbonyl (C=O) groups is 1. The summed E-state index contributed by atoms with van der Waals surface area (Å²) in [4.78, 5) is 11.7. The van der Waals surface area contributed by atoms with Crippen LogP contribution in [0, 0.1) is 0 Å². The first-order valence-electron chi connectivity index (χ1n) is 7.60. The zero-order valence-corrected chi connectivity index (χ0v) is 14.8. The van der Waals surface area contributed by atoms with Crippen molar-refractivity contribution in [1.82, 2.24) is 5.32 Å². The second-order valence-corrected chi connectivity index (χ2v) is 7.52. The van der Waals surface area contributed by atoms with Crippen molar-refractivity contribution in [1.29, 1.82) is 0 Å². The molecule has 2 aromatic rings. The molecule has 0 fully saturated rings. The average Bonchev–Trinajstić information content (AvgIpc) is 2.53. The van der Waals surface area contributed by atoms with E-state index in [-0.39, 0.29) is 28.1 Å². The fourth-order valence-electron chi connectivity index (χ4n) is 2.10. The molecule has 26 heavy (non-hydrogen) atoms. The highest BCUT2D eigenvalue weighted by Gasteiger charge is 2.30. The van der Waals surface area contributed by atoms with Gasteiger partial charge in [-0.1, -0.05) is 6.07 Å². The Morgan fingerprint density at radius 1 is 1.04 bits per heavy atom.